The van der Waals surface area contributed by atoms with Crippen molar-refractivity contribution >= 4 is 54.1 Å². The zero-order valence-corrected chi connectivity index (χ0v) is 26.5. The van der Waals surface area contributed by atoms with Gasteiger partial charge < -0.3 is 4.57 Å². The van der Waals surface area contributed by atoms with Crippen LogP contribution in [-0.4, -0.2) is 19.5 Å². The van der Waals surface area contributed by atoms with Gasteiger partial charge >= 0.3 is 0 Å². The Labute approximate surface area is 282 Å². The lowest BCUT2D eigenvalue weighted by atomic mass is 10.0. The van der Waals surface area contributed by atoms with Crippen LogP contribution < -0.4 is 0 Å². The Bertz CT molecular complexity index is 2820. The Morgan fingerprint density at radius 2 is 0.857 bits per heavy atom. The van der Waals surface area contributed by atoms with Crippen molar-refractivity contribution in [3.8, 4) is 39.9 Å². The van der Waals surface area contributed by atoms with Gasteiger partial charge in [0.15, 0.2) is 17.5 Å². The molecule has 0 bridgehead atoms. The number of aromatic nitrogens is 4. The third-order valence-electron chi connectivity index (χ3n) is 9.56. The smallest absolute Gasteiger partial charge is 0.164 e. The normalized spacial score (nSPS) is 11.7. The van der Waals surface area contributed by atoms with Crippen molar-refractivity contribution in [3.63, 3.8) is 0 Å². The molecular weight excluding hydrogens is 597 g/mol. The quantitative estimate of drug-likeness (QED) is 0.196. The fourth-order valence-corrected chi connectivity index (χ4v) is 7.26. The van der Waals surface area contributed by atoms with E-state index in [1.54, 1.807) is 0 Å². The highest BCUT2D eigenvalue weighted by Crippen LogP contribution is 2.41. The Balaban J connectivity index is 1.32. The maximum Gasteiger partial charge on any atom is 0.164 e. The number of fused-ring (bicyclic) bond motifs is 7. The lowest BCUT2D eigenvalue weighted by molar-refractivity contribution is 1.07. The van der Waals surface area contributed by atoms with Gasteiger partial charge in [-0.05, 0) is 45.8 Å². The third kappa shape index (κ3) is 4.49. The minimum Gasteiger partial charge on any atom is -0.308 e. The van der Waals surface area contributed by atoms with Crippen LogP contribution >= 0.6 is 0 Å². The van der Waals surface area contributed by atoms with E-state index in [2.05, 4.69) is 114 Å². The van der Waals surface area contributed by atoms with E-state index in [-0.39, 0.29) is 0 Å². The molecule has 0 aliphatic heterocycles. The molecule has 0 amide bonds. The van der Waals surface area contributed by atoms with E-state index in [0.29, 0.717) is 17.5 Å². The molecule has 2 aromatic heterocycles. The van der Waals surface area contributed by atoms with Crippen molar-refractivity contribution < 1.29 is 0 Å². The molecule has 10 aromatic rings. The maximum absolute atomic E-state index is 5.11. The van der Waals surface area contributed by atoms with Crippen molar-refractivity contribution in [2.45, 2.75) is 0 Å². The fourth-order valence-electron chi connectivity index (χ4n) is 7.26. The van der Waals surface area contributed by atoms with Gasteiger partial charge in [-0.2, -0.15) is 0 Å². The van der Waals surface area contributed by atoms with Gasteiger partial charge in [-0.25, -0.2) is 15.0 Å². The Morgan fingerprint density at radius 3 is 1.53 bits per heavy atom. The first-order valence-electron chi connectivity index (χ1n) is 16.5. The average Bonchev–Trinajstić information content (AvgIpc) is 3.50. The summed E-state index contributed by atoms with van der Waals surface area (Å²) in [5.74, 6) is 1.93. The molecule has 10 rings (SSSR count). The van der Waals surface area contributed by atoms with Crippen LogP contribution in [-0.2, 0) is 0 Å². The summed E-state index contributed by atoms with van der Waals surface area (Å²) in [5.41, 5.74) is 6.27. The van der Waals surface area contributed by atoms with Gasteiger partial charge in [0.05, 0.1) is 16.7 Å². The summed E-state index contributed by atoms with van der Waals surface area (Å²) in [5, 5.41) is 9.60. The Morgan fingerprint density at radius 1 is 0.327 bits per heavy atom. The summed E-state index contributed by atoms with van der Waals surface area (Å²) in [6.45, 7) is 0. The van der Waals surface area contributed by atoms with Crippen LogP contribution in [0.2, 0.25) is 0 Å². The van der Waals surface area contributed by atoms with E-state index < -0.39 is 0 Å². The molecule has 0 fully saturated rings. The molecule has 0 aliphatic carbocycles. The summed E-state index contributed by atoms with van der Waals surface area (Å²) in [7, 11) is 0. The monoisotopic (exact) mass is 624 g/mol. The third-order valence-corrected chi connectivity index (χ3v) is 9.56. The lowest BCUT2D eigenvalue weighted by Gasteiger charge is -2.16. The largest absolute Gasteiger partial charge is 0.308 e. The molecule has 0 spiro atoms. The summed E-state index contributed by atoms with van der Waals surface area (Å²) in [6.07, 6.45) is 0. The summed E-state index contributed by atoms with van der Waals surface area (Å²) < 4.78 is 2.46. The molecule has 0 atom stereocenters. The van der Waals surface area contributed by atoms with Crippen LogP contribution in [0, 0.1) is 0 Å². The van der Waals surface area contributed by atoms with Gasteiger partial charge in [-0.3, -0.25) is 0 Å². The van der Waals surface area contributed by atoms with Crippen molar-refractivity contribution in [3.05, 3.63) is 170 Å². The van der Waals surface area contributed by atoms with Crippen LogP contribution in [0.1, 0.15) is 0 Å². The van der Waals surface area contributed by atoms with Crippen LogP contribution in [0.5, 0.6) is 0 Å². The number of hydrogen-bond acceptors (Lipinski definition) is 3. The predicted molar refractivity (Wildman–Crippen MR) is 203 cm³/mol. The van der Waals surface area contributed by atoms with Crippen molar-refractivity contribution in [1.82, 2.24) is 19.5 Å². The van der Waals surface area contributed by atoms with Gasteiger partial charge in [0.25, 0.3) is 0 Å². The molecular formula is C45H28N4. The van der Waals surface area contributed by atoms with Crippen LogP contribution in [0.15, 0.2) is 170 Å². The highest BCUT2D eigenvalue weighted by molar-refractivity contribution is 6.21. The van der Waals surface area contributed by atoms with E-state index in [1.807, 2.05) is 60.7 Å². The molecule has 228 valence electrons. The van der Waals surface area contributed by atoms with Gasteiger partial charge in [0.2, 0.25) is 0 Å². The maximum atomic E-state index is 5.11. The van der Waals surface area contributed by atoms with E-state index in [1.165, 1.54) is 37.8 Å². The molecule has 0 saturated heterocycles. The van der Waals surface area contributed by atoms with Gasteiger partial charge in [0.1, 0.15) is 0 Å². The minimum atomic E-state index is 0.635. The van der Waals surface area contributed by atoms with Gasteiger partial charge in [0, 0.05) is 38.2 Å². The Hall–Kier alpha value is -6.65. The van der Waals surface area contributed by atoms with Crippen molar-refractivity contribution in [2.24, 2.45) is 0 Å². The number of hydrogen-bond donors (Lipinski definition) is 0. The summed E-state index contributed by atoms with van der Waals surface area (Å²) in [6, 6.07) is 59.9. The van der Waals surface area contributed by atoms with E-state index in [9.17, 15) is 0 Å². The van der Waals surface area contributed by atoms with E-state index >= 15 is 0 Å². The lowest BCUT2D eigenvalue weighted by Crippen LogP contribution is -2.02. The first kappa shape index (κ1) is 27.5. The summed E-state index contributed by atoms with van der Waals surface area (Å²) in [4.78, 5) is 15.2. The molecule has 0 unspecified atom stereocenters. The summed E-state index contributed by atoms with van der Waals surface area (Å²) >= 11 is 0. The predicted octanol–water partition coefficient (Wildman–Crippen LogP) is 11.4. The standard InChI is InChI=1S/C45H28N4/c1-3-14-30(15-4-1)43-46-44(31-16-5-2-6-17-31)48-45(47-43)35-25-34-20-10-11-21-36(34)40(28-35)49-41-27-33-19-8-7-18-32(33)26-39(41)38-24-23-29-13-9-12-22-37(29)42(38)49/h1-28H. The highest BCUT2D eigenvalue weighted by atomic mass is 15.0. The molecule has 4 nitrogen and oxygen atoms in total. The zero-order valence-electron chi connectivity index (χ0n) is 26.5. The minimum absolute atomic E-state index is 0.635. The van der Waals surface area contributed by atoms with Crippen molar-refractivity contribution in [1.29, 1.82) is 0 Å². The second kappa shape index (κ2) is 11.0. The first-order valence-corrected chi connectivity index (χ1v) is 16.5. The van der Waals surface area contributed by atoms with Crippen molar-refractivity contribution in [2.75, 3.05) is 0 Å². The molecule has 2 heterocycles. The van der Waals surface area contributed by atoms with E-state index in [0.717, 1.165) is 38.7 Å². The second-order valence-electron chi connectivity index (χ2n) is 12.5. The van der Waals surface area contributed by atoms with E-state index in [4.69, 9.17) is 15.0 Å². The SMILES string of the molecule is c1ccc(-c2nc(-c3ccccc3)nc(-c3cc(-n4c5cc6ccccc6cc5c5ccc6ccccc6c54)c4ccccc4c3)n2)cc1. The average molecular weight is 625 g/mol. The molecule has 0 aliphatic rings. The van der Waals surface area contributed by atoms with Crippen LogP contribution in [0.4, 0.5) is 0 Å². The van der Waals surface area contributed by atoms with Gasteiger partial charge in [-0.1, -0.05) is 146 Å². The highest BCUT2D eigenvalue weighted by Gasteiger charge is 2.20. The number of rotatable bonds is 4. The Kier molecular flexibility index (Phi) is 6.15. The molecule has 4 heteroatoms. The van der Waals surface area contributed by atoms with Crippen LogP contribution in [0.25, 0.3) is 94.0 Å². The van der Waals surface area contributed by atoms with Crippen LogP contribution in [0.3, 0.4) is 0 Å². The molecule has 49 heavy (non-hydrogen) atoms. The number of benzene rings is 8. The molecule has 0 saturated carbocycles. The topological polar surface area (TPSA) is 43.6 Å². The molecule has 0 N–H and O–H groups in total. The zero-order chi connectivity index (χ0) is 32.3. The fraction of sp³-hybridized carbons (Fsp3) is 0. The first-order chi connectivity index (χ1) is 24.3. The molecule has 0 radical (unpaired) electrons. The number of nitrogens with zero attached hydrogens (tertiary/aromatic N) is 4. The second-order valence-corrected chi connectivity index (χ2v) is 12.5. The van der Waals surface area contributed by atoms with Gasteiger partial charge in [-0.15, -0.1) is 0 Å². The molecule has 8 aromatic carbocycles.